The molecule has 14 heavy (non-hydrogen) atoms. The minimum Gasteiger partial charge on any atom is -0.494 e. The molecule has 5 heteroatoms. The van der Waals surface area contributed by atoms with Crippen molar-refractivity contribution in [2.45, 2.75) is 0 Å². The molecule has 0 radical (unpaired) electrons. The van der Waals surface area contributed by atoms with Crippen LogP contribution in [-0.4, -0.2) is 25.6 Å². The van der Waals surface area contributed by atoms with Crippen molar-refractivity contribution in [3.63, 3.8) is 0 Å². The van der Waals surface area contributed by atoms with Crippen LogP contribution < -0.4 is 15.2 Å². The Bertz CT molecular complexity index is 325. The van der Waals surface area contributed by atoms with Gasteiger partial charge in [0.1, 0.15) is 17.2 Å². The molecule has 0 saturated heterocycles. The summed E-state index contributed by atoms with van der Waals surface area (Å²) >= 11 is 0. The van der Waals surface area contributed by atoms with Crippen molar-refractivity contribution in [3.05, 3.63) is 17.7 Å². The molecule has 1 aromatic carbocycles. The molecule has 5 nitrogen and oxygen atoms in total. The second kappa shape index (κ2) is 4.36. The number of rotatable bonds is 3. The lowest BCUT2D eigenvalue weighted by molar-refractivity contribution is 0.322. The predicted octanol–water partition coefficient (Wildman–Crippen LogP) is 1.09. The summed E-state index contributed by atoms with van der Waals surface area (Å²) in [5, 5.41) is 11.3. The Morgan fingerprint density at radius 3 is 2.14 bits per heavy atom. The monoisotopic (exact) mass is 196 g/mol. The lowest BCUT2D eigenvalue weighted by atomic mass is 10.2. The van der Waals surface area contributed by atoms with Gasteiger partial charge in [-0.05, 0) is 12.1 Å². The van der Waals surface area contributed by atoms with Crippen LogP contribution in [0, 0.1) is 0 Å². The van der Waals surface area contributed by atoms with Crippen LogP contribution in [0.25, 0.3) is 0 Å². The summed E-state index contributed by atoms with van der Waals surface area (Å²) in [6, 6.07) is 3.30. The van der Waals surface area contributed by atoms with E-state index in [2.05, 4.69) is 5.16 Å². The summed E-state index contributed by atoms with van der Waals surface area (Å²) < 4.78 is 10.1. The van der Waals surface area contributed by atoms with Crippen LogP contribution in [0.1, 0.15) is 5.56 Å². The Balaban J connectivity index is 3.24. The van der Waals surface area contributed by atoms with E-state index in [0.717, 1.165) is 0 Å². The molecule has 0 fully saturated rings. The van der Waals surface area contributed by atoms with Crippen molar-refractivity contribution in [3.8, 4) is 11.5 Å². The maximum Gasteiger partial charge on any atom is 0.146 e. The summed E-state index contributed by atoms with van der Waals surface area (Å²) in [5.41, 5.74) is 6.78. The summed E-state index contributed by atoms with van der Waals surface area (Å²) in [5.74, 6) is 0.971. The molecule has 0 bridgehead atoms. The van der Waals surface area contributed by atoms with E-state index < -0.39 is 0 Å². The van der Waals surface area contributed by atoms with Gasteiger partial charge in [0.25, 0.3) is 0 Å². The van der Waals surface area contributed by atoms with Crippen LogP contribution in [0.2, 0.25) is 0 Å². The molecule has 0 unspecified atom stereocenters. The van der Waals surface area contributed by atoms with Gasteiger partial charge in [0, 0.05) is 5.56 Å². The predicted molar refractivity (Wildman–Crippen MR) is 53.3 cm³/mol. The Hall–Kier alpha value is -1.91. The standard InChI is InChI=1S/C9H12N2O3/c1-13-7-3-6(5-11-12)4-8(14-2)9(7)10/h3-5,12H,10H2,1-2H3/b11-5+. The Morgan fingerprint density at radius 2 is 1.79 bits per heavy atom. The molecule has 0 atom stereocenters. The van der Waals surface area contributed by atoms with Crippen molar-refractivity contribution < 1.29 is 14.7 Å². The van der Waals surface area contributed by atoms with E-state index >= 15 is 0 Å². The number of nitrogen functional groups attached to an aromatic ring is 1. The van der Waals surface area contributed by atoms with E-state index in [-0.39, 0.29) is 0 Å². The second-order valence-corrected chi connectivity index (χ2v) is 2.58. The first-order chi connectivity index (χ1) is 6.72. The highest BCUT2D eigenvalue weighted by Gasteiger charge is 2.07. The molecule has 1 rings (SSSR count). The van der Waals surface area contributed by atoms with E-state index in [1.54, 1.807) is 12.1 Å². The normalized spacial score (nSPS) is 10.4. The van der Waals surface area contributed by atoms with Crippen molar-refractivity contribution >= 4 is 11.9 Å². The lowest BCUT2D eigenvalue weighted by Crippen LogP contribution is -1.98. The number of hydrogen-bond acceptors (Lipinski definition) is 5. The fourth-order valence-corrected chi connectivity index (χ4v) is 1.10. The number of nitrogens with two attached hydrogens (primary N) is 1. The Labute approximate surface area is 81.7 Å². The van der Waals surface area contributed by atoms with Crippen molar-refractivity contribution in [1.82, 2.24) is 0 Å². The van der Waals surface area contributed by atoms with Gasteiger partial charge in [-0.15, -0.1) is 0 Å². The van der Waals surface area contributed by atoms with Gasteiger partial charge in [-0.2, -0.15) is 0 Å². The molecule has 3 N–H and O–H groups in total. The topological polar surface area (TPSA) is 77.1 Å². The highest BCUT2D eigenvalue weighted by molar-refractivity contribution is 5.83. The maximum absolute atomic E-state index is 8.37. The molecule has 76 valence electrons. The van der Waals surface area contributed by atoms with Gasteiger partial charge in [0.05, 0.1) is 20.4 Å². The average molecular weight is 196 g/mol. The maximum atomic E-state index is 8.37. The zero-order valence-electron chi connectivity index (χ0n) is 8.02. The zero-order valence-corrected chi connectivity index (χ0v) is 8.02. The molecular formula is C9H12N2O3. The number of ether oxygens (including phenoxy) is 2. The minimum atomic E-state index is 0.421. The summed E-state index contributed by atoms with van der Waals surface area (Å²) in [7, 11) is 3.01. The third kappa shape index (κ3) is 1.87. The summed E-state index contributed by atoms with van der Waals surface area (Å²) in [6.45, 7) is 0. The summed E-state index contributed by atoms with van der Waals surface area (Å²) in [4.78, 5) is 0. The van der Waals surface area contributed by atoms with Crippen LogP contribution in [0.3, 0.4) is 0 Å². The van der Waals surface area contributed by atoms with Crippen LogP contribution in [0.4, 0.5) is 5.69 Å². The Morgan fingerprint density at radius 1 is 1.29 bits per heavy atom. The first kappa shape index (κ1) is 10.2. The highest BCUT2D eigenvalue weighted by atomic mass is 16.5. The SMILES string of the molecule is COc1cc(/C=N/O)cc(OC)c1N. The van der Waals surface area contributed by atoms with E-state index in [4.69, 9.17) is 20.4 Å². The van der Waals surface area contributed by atoms with Gasteiger partial charge in [-0.1, -0.05) is 5.16 Å². The number of hydrogen-bond donors (Lipinski definition) is 2. The number of anilines is 1. The van der Waals surface area contributed by atoms with Gasteiger partial charge in [-0.3, -0.25) is 0 Å². The molecule has 0 spiro atoms. The van der Waals surface area contributed by atoms with Crippen LogP contribution in [0.15, 0.2) is 17.3 Å². The second-order valence-electron chi connectivity index (χ2n) is 2.58. The first-order valence-electron chi connectivity index (χ1n) is 3.91. The van der Waals surface area contributed by atoms with E-state index in [1.165, 1.54) is 20.4 Å². The molecular weight excluding hydrogens is 184 g/mol. The van der Waals surface area contributed by atoms with E-state index in [0.29, 0.717) is 22.7 Å². The molecule has 0 aliphatic heterocycles. The molecule has 0 aromatic heterocycles. The number of nitrogens with zero attached hydrogens (tertiary/aromatic N) is 1. The smallest absolute Gasteiger partial charge is 0.146 e. The third-order valence-electron chi connectivity index (χ3n) is 1.77. The molecule has 0 heterocycles. The van der Waals surface area contributed by atoms with Crippen LogP contribution >= 0.6 is 0 Å². The van der Waals surface area contributed by atoms with Crippen LogP contribution in [-0.2, 0) is 0 Å². The number of methoxy groups -OCH3 is 2. The molecule has 0 aliphatic carbocycles. The molecule has 1 aromatic rings. The Kier molecular flexibility index (Phi) is 3.17. The largest absolute Gasteiger partial charge is 0.494 e. The van der Waals surface area contributed by atoms with Gasteiger partial charge in [-0.25, -0.2) is 0 Å². The fourth-order valence-electron chi connectivity index (χ4n) is 1.10. The average Bonchev–Trinajstić information content (AvgIpc) is 2.20. The van der Waals surface area contributed by atoms with Crippen molar-refractivity contribution in [2.24, 2.45) is 5.16 Å². The number of benzene rings is 1. The number of oxime groups is 1. The van der Waals surface area contributed by atoms with E-state index in [9.17, 15) is 0 Å². The minimum absolute atomic E-state index is 0.421. The van der Waals surface area contributed by atoms with Gasteiger partial charge >= 0.3 is 0 Å². The quantitative estimate of drug-likeness (QED) is 0.328. The third-order valence-corrected chi connectivity index (χ3v) is 1.77. The van der Waals surface area contributed by atoms with E-state index in [1.807, 2.05) is 0 Å². The molecule has 0 amide bonds. The van der Waals surface area contributed by atoms with Gasteiger partial charge in [0.15, 0.2) is 0 Å². The first-order valence-corrected chi connectivity index (χ1v) is 3.91. The van der Waals surface area contributed by atoms with Crippen molar-refractivity contribution in [2.75, 3.05) is 20.0 Å². The van der Waals surface area contributed by atoms with Crippen molar-refractivity contribution in [1.29, 1.82) is 0 Å². The fraction of sp³-hybridized carbons (Fsp3) is 0.222. The van der Waals surface area contributed by atoms with Gasteiger partial charge in [0.2, 0.25) is 0 Å². The highest BCUT2D eigenvalue weighted by Crippen LogP contribution is 2.32. The summed E-state index contributed by atoms with van der Waals surface area (Å²) in [6.07, 6.45) is 1.27. The molecule has 0 saturated carbocycles. The lowest BCUT2D eigenvalue weighted by Gasteiger charge is -2.09. The van der Waals surface area contributed by atoms with Crippen LogP contribution in [0.5, 0.6) is 11.5 Å². The molecule has 0 aliphatic rings. The van der Waals surface area contributed by atoms with Gasteiger partial charge < -0.3 is 20.4 Å². The zero-order chi connectivity index (χ0) is 10.6.